The Bertz CT molecular complexity index is 358. The van der Waals surface area contributed by atoms with Gasteiger partial charge in [-0.15, -0.1) is 0 Å². The quantitative estimate of drug-likeness (QED) is 0.724. The van der Waals surface area contributed by atoms with Gasteiger partial charge in [0.2, 0.25) is 0 Å². The largest absolute Gasteiger partial charge is 0.493 e. The second-order valence-electron chi connectivity index (χ2n) is 6.50. The fourth-order valence-electron chi connectivity index (χ4n) is 1.51. The van der Waals surface area contributed by atoms with Crippen molar-refractivity contribution in [3.8, 4) is 5.75 Å². The maximum atomic E-state index is 5.87. The van der Waals surface area contributed by atoms with E-state index >= 15 is 0 Å². The van der Waals surface area contributed by atoms with Gasteiger partial charge in [0.1, 0.15) is 5.75 Å². The first-order valence-electron chi connectivity index (χ1n) is 6.42. The van der Waals surface area contributed by atoms with Crippen LogP contribution in [0.15, 0.2) is 24.3 Å². The molecule has 0 atom stereocenters. The first-order chi connectivity index (χ1) is 7.74. The predicted octanol–water partition coefficient (Wildman–Crippen LogP) is 4.84. The average molecular weight is 234 g/mol. The molecular formula is C16H26O. The molecule has 1 heteroatoms. The highest BCUT2D eigenvalue weighted by Gasteiger charge is 2.32. The molecule has 17 heavy (non-hydrogen) atoms. The normalized spacial score (nSPS) is 12.6. The highest BCUT2D eigenvalue weighted by atomic mass is 16.5. The lowest BCUT2D eigenvalue weighted by molar-refractivity contribution is 0.0957. The van der Waals surface area contributed by atoms with Crippen LogP contribution in [0.1, 0.15) is 46.6 Å². The number of aryl methyl sites for hydroxylation is 1. The smallest absolute Gasteiger partial charge is 0.122 e. The van der Waals surface area contributed by atoms with Crippen molar-refractivity contribution in [1.29, 1.82) is 0 Å². The molecule has 0 amide bonds. The zero-order chi connectivity index (χ0) is 13.1. The highest BCUT2D eigenvalue weighted by Crippen LogP contribution is 2.40. The van der Waals surface area contributed by atoms with Gasteiger partial charge in [0, 0.05) is 0 Å². The zero-order valence-electron chi connectivity index (χ0n) is 12.1. The Morgan fingerprint density at radius 3 is 2.12 bits per heavy atom. The summed E-state index contributed by atoms with van der Waals surface area (Å²) in [5, 5.41) is 0. The molecule has 0 heterocycles. The molecule has 0 aromatic heterocycles. The molecule has 0 radical (unpaired) electrons. The van der Waals surface area contributed by atoms with Crippen molar-refractivity contribution in [3.63, 3.8) is 0 Å². The summed E-state index contributed by atoms with van der Waals surface area (Å²) in [6.07, 6.45) is 1.07. The Morgan fingerprint density at radius 1 is 1.00 bits per heavy atom. The Labute approximate surface area is 106 Å². The van der Waals surface area contributed by atoms with Gasteiger partial charge in [-0.1, -0.05) is 52.8 Å². The summed E-state index contributed by atoms with van der Waals surface area (Å²) in [4.78, 5) is 0. The molecule has 0 saturated carbocycles. The summed E-state index contributed by atoms with van der Waals surface area (Å²) >= 11 is 0. The summed E-state index contributed by atoms with van der Waals surface area (Å²) in [5.41, 5.74) is 1.80. The van der Waals surface area contributed by atoms with Gasteiger partial charge in [-0.05, 0) is 35.8 Å². The molecule has 0 unspecified atom stereocenters. The second kappa shape index (κ2) is 5.12. The number of para-hydroxylation sites is 1. The molecule has 0 bridgehead atoms. The molecule has 0 aliphatic carbocycles. The van der Waals surface area contributed by atoms with Gasteiger partial charge in [0.05, 0.1) is 6.61 Å². The van der Waals surface area contributed by atoms with Crippen LogP contribution in [0.25, 0.3) is 0 Å². The molecule has 1 aromatic rings. The van der Waals surface area contributed by atoms with Crippen molar-refractivity contribution >= 4 is 0 Å². The van der Waals surface area contributed by atoms with Crippen molar-refractivity contribution in [3.05, 3.63) is 29.8 Å². The van der Waals surface area contributed by atoms with Crippen LogP contribution in [-0.2, 0) is 0 Å². The third-order valence-corrected chi connectivity index (χ3v) is 4.11. The lowest BCUT2D eigenvalue weighted by atomic mass is 9.67. The standard InChI is InChI=1S/C16H26O/c1-13-9-7-8-10-14(13)17-12-11-16(5,6)15(2,3)4/h7-10H,11-12H2,1-6H3. The number of benzene rings is 1. The Balaban J connectivity index is 2.52. The molecule has 0 spiro atoms. The van der Waals surface area contributed by atoms with Crippen LogP contribution in [0.2, 0.25) is 0 Å². The fourth-order valence-corrected chi connectivity index (χ4v) is 1.51. The van der Waals surface area contributed by atoms with E-state index in [0.717, 1.165) is 18.8 Å². The van der Waals surface area contributed by atoms with E-state index in [-0.39, 0.29) is 5.41 Å². The van der Waals surface area contributed by atoms with Crippen LogP contribution < -0.4 is 4.74 Å². The summed E-state index contributed by atoms with van der Waals surface area (Å²) in [5.74, 6) is 1.01. The van der Waals surface area contributed by atoms with Crippen molar-refractivity contribution in [2.75, 3.05) is 6.61 Å². The van der Waals surface area contributed by atoms with Gasteiger partial charge in [-0.2, -0.15) is 0 Å². The predicted molar refractivity (Wildman–Crippen MR) is 74.5 cm³/mol. The molecule has 0 saturated heterocycles. The number of hydrogen-bond donors (Lipinski definition) is 0. The number of rotatable bonds is 4. The molecule has 1 nitrogen and oxygen atoms in total. The van der Waals surface area contributed by atoms with Gasteiger partial charge >= 0.3 is 0 Å². The van der Waals surface area contributed by atoms with Crippen LogP contribution in [0, 0.1) is 17.8 Å². The number of hydrogen-bond acceptors (Lipinski definition) is 1. The van der Waals surface area contributed by atoms with Gasteiger partial charge in [0.15, 0.2) is 0 Å². The van der Waals surface area contributed by atoms with E-state index in [4.69, 9.17) is 4.74 Å². The van der Waals surface area contributed by atoms with E-state index in [1.54, 1.807) is 0 Å². The third-order valence-electron chi connectivity index (χ3n) is 4.11. The summed E-state index contributed by atoms with van der Waals surface area (Å²) in [6, 6.07) is 8.20. The topological polar surface area (TPSA) is 9.23 Å². The monoisotopic (exact) mass is 234 g/mol. The van der Waals surface area contributed by atoms with Crippen LogP contribution in [-0.4, -0.2) is 6.61 Å². The minimum Gasteiger partial charge on any atom is -0.493 e. The molecule has 96 valence electrons. The fraction of sp³-hybridized carbons (Fsp3) is 0.625. The van der Waals surface area contributed by atoms with Crippen molar-refractivity contribution in [1.82, 2.24) is 0 Å². The van der Waals surface area contributed by atoms with E-state index < -0.39 is 0 Å². The molecule has 0 aliphatic heterocycles. The molecule has 0 N–H and O–H groups in total. The first-order valence-corrected chi connectivity index (χ1v) is 6.42. The van der Waals surface area contributed by atoms with E-state index in [2.05, 4.69) is 47.6 Å². The third kappa shape index (κ3) is 3.76. The minimum absolute atomic E-state index is 0.287. The van der Waals surface area contributed by atoms with Crippen LogP contribution in [0.3, 0.4) is 0 Å². The van der Waals surface area contributed by atoms with Crippen LogP contribution in [0.5, 0.6) is 5.75 Å². The highest BCUT2D eigenvalue weighted by molar-refractivity contribution is 5.31. The Hall–Kier alpha value is -0.980. The Kier molecular flexibility index (Phi) is 4.24. The van der Waals surface area contributed by atoms with Gasteiger partial charge in [0.25, 0.3) is 0 Å². The van der Waals surface area contributed by atoms with E-state index in [1.807, 2.05) is 18.2 Å². The summed E-state index contributed by atoms with van der Waals surface area (Å²) in [7, 11) is 0. The molecule has 0 aliphatic rings. The zero-order valence-corrected chi connectivity index (χ0v) is 12.1. The van der Waals surface area contributed by atoms with Crippen LogP contribution in [0.4, 0.5) is 0 Å². The lowest BCUT2D eigenvalue weighted by Gasteiger charge is -2.38. The maximum Gasteiger partial charge on any atom is 0.122 e. The molecule has 0 fully saturated rings. The molecular weight excluding hydrogens is 208 g/mol. The summed E-state index contributed by atoms with van der Waals surface area (Å²) < 4.78 is 5.87. The van der Waals surface area contributed by atoms with Gasteiger partial charge in [-0.3, -0.25) is 0 Å². The van der Waals surface area contributed by atoms with E-state index in [1.165, 1.54) is 5.56 Å². The van der Waals surface area contributed by atoms with Gasteiger partial charge in [-0.25, -0.2) is 0 Å². The molecule has 1 aromatic carbocycles. The Morgan fingerprint density at radius 2 is 1.59 bits per heavy atom. The molecule has 1 rings (SSSR count). The van der Waals surface area contributed by atoms with Crippen LogP contribution >= 0.6 is 0 Å². The second-order valence-corrected chi connectivity index (χ2v) is 6.50. The van der Waals surface area contributed by atoms with Crippen molar-refractivity contribution in [2.45, 2.75) is 48.0 Å². The maximum absolute atomic E-state index is 5.87. The average Bonchev–Trinajstić information content (AvgIpc) is 2.19. The van der Waals surface area contributed by atoms with Crippen molar-refractivity contribution in [2.24, 2.45) is 10.8 Å². The lowest BCUT2D eigenvalue weighted by Crippen LogP contribution is -2.31. The first kappa shape index (κ1) is 14.1. The summed E-state index contributed by atoms with van der Waals surface area (Å²) in [6.45, 7) is 14.4. The van der Waals surface area contributed by atoms with Gasteiger partial charge < -0.3 is 4.74 Å². The SMILES string of the molecule is Cc1ccccc1OCCC(C)(C)C(C)(C)C. The van der Waals surface area contributed by atoms with Crippen molar-refractivity contribution < 1.29 is 4.74 Å². The number of ether oxygens (including phenoxy) is 1. The van der Waals surface area contributed by atoms with E-state index in [0.29, 0.717) is 5.41 Å². The minimum atomic E-state index is 0.287. The van der Waals surface area contributed by atoms with E-state index in [9.17, 15) is 0 Å².